The van der Waals surface area contributed by atoms with Gasteiger partial charge in [0.15, 0.2) is 6.10 Å². The average molecular weight is 145 g/mol. The number of nitrogens with zero attached hydrogens (tertiary/aromatic N) is 1. The Labute approximate surface area is 59.7 Å². The topological polar surface area (TPSA) is 38.8 Å². The number of carbonyl (C=O) groups excluding carboxylic acids is 1. The highest BCUT2D eigenvalue weighted by Crippen LogP contribution is 2.05. The van der Waals surface area contributed by atoms with Gasteiger partial charge in [0.2, 0.25) is 0 Å². The number of cyclic esters (lactones) is 2. The third kappa shape index (κ3) is 1.88. The molecule has 0 bridgehead atoms. The molecule has 0 spiro atoms. The molecule has 0 amide bonds. The van der Waals surface area contributed by atoms with Crippen molar-refractivity contribution in [1.82, 2.24) is 4.90 Å². The molecule has 0 aromatic carbocycles. The van der Waals surface area contributed by atoms with E-state index in [1.165, 1.54) is 0 Å². The molecule has 1 fully saturated rings. The summed E-state index contributed by atoms with van der Waals surface area (Å²) in [6.07, 6.45) is -0.630. The Balaban J connectivity index is 2.24. The fourth-order valence-corrected chi connectivity index (χ4v) is 0.862. The lowest BCUT2D eigenvalue weighted by Gasteiger charge is -2.11. The summed E-state index contributed by atoms with van der Waals surface area (Å²) in [5.74, 6) is 0. The summed E-state index contributed by atoms with van der Waals surface area (Å²) in [6.45, 7) is 1.11. The molecule has 1 aliphatic rings. The van der Waals surface area contributed by atoms with Crippen LogP contribution in [0.1, 0.15) is 0 Å². The Hall–Kier alpha value is -0.770. The molecule has 58 valence electrons. The zero-order valence-corrected chi connectivity index (χ0v) is 6.16. The van der Waals surface area contributed by atoms with Gasteiger partial charge in [0.1, 0.15) is 6.61 Å². The Bertz CT molecular complexity index is 135. The van der Waals surface area contributed by atoms with Gasteiger partial charge in [0, 0.05) is 6.54 Å². The predicted octanol–water partition coefficient (Wildman–Crippen LogP) is 0.0834. The summed E-state index contributed by atoms with van der Waals surface area (Å²) in [5.41, 5.74) is 0. The van der Waals surface area contributed by atoms with Crippen molar-refractivity contribution in [3.05, 3.63) is 0 Å². The second-order valence-corrected chi connectivity index (χ2v) is 2.56. The van der Waals surface area contributed by atoms with Crippen molar-refractivity contribution in [2.75, 3.05) is 27.2 Å². The van der Waals surface area contributed by atoms with Crippen LogP contribution >= 0.6 is 0 Å². The molecule has 10 heavy (non-hydrogen) atoms. The van der Waals surface area contributed by atoms with Crippen LogP contribution in [0, 0.1) is 0 Å². The first kappa shape index (κ1) is 7.34. The van der Waals surface area contributed by atoms with Gasteiger partial charge in [-0.05, 0) is 14.1 Å². The average Bonchev–Trinajstić information content (AvgIpc) is 2.13. The van der Waals surface area contributed by atoms with Gasteiger partial charge in [0.05, 0.1) is 0 Å². The molecular formula is C6H11NO3. The van der Waals surface area contributed by atoms with Gasteiger partial charge in [-0.3, -0.25) is 0 Å². The summed E-state index contributed by atoms with van der Waals surface area (Å²) >= 11 is 0. The van der Waals surface area contributed by atoms with E-state index in [2.05, 4.69) is 4.74 Å². The second kappa shape index (κ2) is 2.88. The maximum atomic E-state index is 10.4. The van der Waals surface area contributed by atoms with Crippen LogP contribution in [0.4, 0.5) is 4.79 Å². The van der Waals surface area contributed by atoms with Crippen molar-refractivity contribution in [3.8, 4) is 0 Å². The summed E-state index contributed by atoms with van der Waals surface area (Å²) in [5, 5.41) is 0. The molecule has 4 heteroatoms. The molecule has 0 saturated carbocycles. The lowest BCUT2D eigenvalue weighted by atomic mass is 10.4. The molecule has 0 N–H and O–H groups in total. The minimum Gasteiger partial charge on any atom is -0.430 e. The van der Waals surface area contributed by atoms with Crippen molar-refractivity contribution in [1.29, 1.82) is 0 Å². The highest BCUT2D eigenvalue weighted by atomic mass is 16.8. The number of hydrogen-bond donors (Lipinski definition) is 0. The van der Waals surface area contributed by atoms with E-state index in [1.807, 2.05) is 19.0 Å². The van der Waals surface area contributed by atoms with E-state index in [-0.39, 0.29) is 6.10 Å². The van der Waals surface area contributed by atoms with E-state index < -0.39 is 6.16 Å². The van der Waals surface area contributed by atoms with Crippen LogP contribution in [0.15, 0.2) is 0 Å². The lowest BCUT2D eigenvalue weighted by Crippen LogP contribution is -2.27. The van der Waals surface area contributed by atoms with Crippen LogP contribution in [0.25, 0.3) is 0 Å². The third-order valence-corrected chi connectivity index (χ3v) is 1.22. The highest BCUT2D eigenvalue weighted by molar-refractivity contribution is 5.61. The number of carbonyl (C=O) groups is 1. The first-order chi connectivity index (χ1) is 4.68. The van der Waals surface area contributed by atoms with E-state index in [1.54, 1.807) is 0 Å². The van der Waals surface area contributed by atoms with Crippen LogP contribution in [-0.4, -0.2) is 44.4 Å². The van der Waals surface area contributed by atoms with Crippen molar-refractivity contribution in [2.45, 2.75) is 6.10 Å². The van der Waals surface area contributed by atoms with E-state index in [9.17, 15) is 4.79 Å². The fraction of sp³-hybridized carbons (Fsp3) is 0.833. The zero-order chi connectivity index (χ0) is 7.56. The monoisotopic (exact) mass is 145 g/mol. The van der Waals surface area contributed by atoms with Gasteiger partial charge in [-0.25, -0.2) is 4.79 Å². The van der Waals surface area contributed by atoms with Crippen LogP contribution < -0.4 is 0 Å². The molecule has 1 atom stereocenters. The van der Waals surface area contributed by atoms with Crippen molar-refractivity contribution in [3.63, 3.8) is 0 Å². The molecule has 0 aromatic rings. The Morgan fingerprint density at radius 3 is 2.80 bits per heavy atom. The van der Waals surface area contributed by atoms with E-state index >= 15 is 0 Å². The minimum absolute atomic E-state index is 0.0810. The van der Waals surface area contributed by atoms with Crippen molar-refractivity contribution >= 4 is 6.16 Å². The summed E-state index contributed by atoms with van der Waals surface area (Å²) < 4.78 is 9.35. The number of likely N-dealkylation sites (N-methyl/N-ethyl adjacent to an activating group) is 1. The third-order valence-electron chi connectivity index (χ3n) is 1.22. The van der Waals surface area contributed by atoms with E-state index in [0.29, 0.717) is 6.61 Å². The van der Waals surface area contributed by atoms with Crippen LogP contribution in [0.2, 0.25) is 0 Å². The number of ether oxygens (including phenoxy) is 2. The molecule has 0 radical (unpaired) electrons. The van der Waals surface area contributed by atoms with Gasteiger partial charge >= 0.3 is 6.16 Å². The normalized spacial score (nSPS) is 24.7. The standard InChI is InChI=1S/C6H11NO3/c1-7(2)3-5-4-9-6(8)10-5/h5H,3-4H2,1-2H3. The second-order valence-electron chi connectivity index (χ2n) is 2.56. The zero-order valence-electron chi connectivity index (χ0n) is 6.16. The molecule has 0 aliphatic carbocycles. The van der Waals surface area contributed by atoms with Crippen molar-refractivity contribution < 1.29 is 14.3 Å². The highest BCUT2D eigenvalue weighted by Gasteiger charge is 2.24. The van der Waals surface area contributed by atoms with Gasteiger partial charge < -0.3 is 14.4 Å². The molecule has 0 aromatic heterocycles. The Morgan fingerprint density at radius 2 is 2.40 bits per heavy atom. The smallest absolute Gasteiger partial charge is 0.430 e. The number of hydrogen-bond acceptors (Lipinski definition) is 4. The molecule has 1 saturated heterocycles. The molecule has 1 unspecified atom stereocenters. The molecule has 1 aliphatic heterocycles. The van der Waals surface area contributed by atoms with Crippen LogP contribution in [0.5, 0.6) is 0 Å². The molecule has 4 nitrogen and oxygen atoms in total. The minimum atomic E-state index is -0.549. The summed E-state index contributed by atoms with van der Waals surface area (Å²) in [7, 11) is 3.85. The summed E-state index contributed by atoms with van der Waals surface area (Å²) in [6, 6.07) is 0. The predicted molar refractivity (Wildman–Crippen MR) is 34.8 cm³/mol. The summed E-state index contributed by atoms with van der Waals surface area (Å²) in [4.78, 5) is 12.3. The fourth-order valence-electron chi connectivity index (χ4n) is 0.862. The van der Waals surface area contributed by atoms with E-state index in [4.69, 9.17) is 4.74 Å². The lowest BCUT2D eigenvalue weighted by molar-refractivity contribution is 0.110. The maximum Gasteiger partial charge on any atom is 0.508 e. The van der Waals surface area contributed by atoms with Crippen molar-refractivity contribution in [2.24, 2.45) is 0 Å². The maximum absolute atomic E-state index is 10.4. The van der Waals surface area contributed by atoms with E-state index in [0.717, 1.165) is 6.54 Å². The quantitative estimate of drug-likeness (QED) is 0.516. The van der Waals surface area contributed by atoms with Gasteiger partial charge in [0.25, 0.3) is 0 Å². The van der Waals surface area contributed by atoms with Gasteiger partial charge in [-0.15, -0.1) is 0 Å². The Morgan fingerprint density at radius 1 is 1.70 bits per heavy atom. The van der Waals surface area contributed by atoms with Crippen LogP contribution in [-0.2, 0) is 9.47 Å². The van der Waals surface area contributed by atoms with Gasteiger partial charge in [-0.2, -0.15) is 0 Å². The molecule has 1 rings (SSSR count). The van der Waals surface area contributed by atoms with Gasteiger partial charge in [-0.1, -0.05) is 0 Å². The van der Waals surface area contributed by atoms with Crippen LogP contribution in [0.3, 0.4) is 0 Å². The SMILES string of the molecule is CN(C)CC1COC(=O)O1. The Kier molecular flexibility index (Phi) is 2.11. The largest absolute Gasteiger partial charge is 0.508 e. The molecular weight excluding hydrogens is 134 g/mol. The first-order valence-electron chi connectivity index (χ1n) is 3.16. The number of rotatable bonds is 2. The first-order valence-corrected chi connectivity index (χ1v) is 3.16. The molecule has 1 heterocycles.